The number of carboxylic acids is 1. The standard InChI is InChI=1S/C14H11Cl2NO4/c15-9-4-5-10(16)13(12(9)14(19)20)17-11(18)6-3-8-2-1-7-21-8/h1-2,4-5,7H,3,6H2,(H,17,18)(H,19,20). The molecule has 7 heteroatoms. The molecule has 1 aromatic carbocycles. The Morgan fingerprint density at radius 3 is 2.52 bits per heavy atom. The number of halogens is 2. The van der Waals surface area contributed by atoms with E-state index in [0.29, 0.717) is 12.2 Å². The van der Waals surface area contributed by atoms with Crippen LogP contribution in [0.3, 0.4) is 0 Å². The van der Waals surface area contributed by atoms with E-state index in [0.717, 1.165) is 0 Å². The maximum absolute atomic E-state index is 11.9. The number of hydrogen-bond donors (Lipinski definition) is 2. The number of hydrogen-bond acceptors (Lipinski definition) is 3. The van der Waals surface area contributed by atoms with Gasteiger partial charge in [0.25, 0.3) is 0 Å². The summed E-state index contributed by atoms with van der Waals surface area (Å²) in [6.07, 6.45) is 2.05. The van der Waals surface area contributed by atoms with Crippen LogP contribution in [0.2, 0.25) is 10.0 Å². The molecule has 2 N–H and O–H groups in total. The summed E-state index contributed by atoms with van der Waals surface area (Å²) in [6, 6.07) is 6.27. The fraction of sp³-hybridized carbons (Fsp3) is 0.143. The van der Waals surface area contributed by atoms with Crippen LogP contribution in [-0.4, -0.2) is 17.0 Å². The molecule has 5 nitrogen and oxygen atoms in total. The van der Waals surface area contributed by atoms with Gasteiger partial charge in [-0.3, -0.25) is 4.79 Å². The average molecular weight is 328 g/mol. The van der Waals surface area contributed by atoms with Gasteiger partial charge in [-0.2, -0.15) is 0 Å². The number of nitrogens with one attached hydrogen (secondary N) is 1. The Balaban J connectivity index is 2.13. The number of furan rings is 1. The normalized spacial score (nSPS) is 10.4. The highest BCUT2D eigenvalue weighted by Crippen LogP contribution is 2.32. The second kappa shape index (κ2) is 6.65. The second-order valence-corrected chi connectivity index (χ2v) is 5.03. The molecular formula is C14H11Cl2NO4. The van der Waals surface area contributed by atoms with Crippen molar-refractivity contribution in [3.63, 3.8) is 0 Å². The Kier molecular flexibility index (Phi) is 4.88. The minimum atomic E-state index is -1.26. The zero-order valence-electron chi connectivity index (χ0n) is 10.7. The summed E-state index contributed by atoms with van der Waals surface area (Å²) >= 11 is 11.8. The van der Waals surface area contributed by atoms with Gasteiger partial charge in [0, 0.05) is 12.8 Å². The van der Waals surface area contributed by atoms with Gasteiger partial charge in [-0.1, -0.05) is 23.2 Å². The molecule has 110 valence electrons. The summed E-state index contributed by atoms with van der Waals surface area (Å²) in [7, 11) is 0. The summed E-state index contributed by atoms with van der Waals surface area (Å²) < 4.78 is 5.12. The molecule has 0 aliphatic carbocycles. The van der Waals surface area contributed by atoms with Crippen molar-refractivity contribution in [2.75, 3.05) is 5.32 Å². The summed E-state index contributed by atoms with van der Waals surface area (Å²) in [6.45, 7) is 0. The quantitative estimate of drug-likeness (QED) is 0.873. The highest BCUT2D eigenvalue weighted by Gasteiger charge is 2.19. The van der Waals surface area contributed by atoms with Crippen molar-refractivity contribution < 1.29 is 19.1 Å². The zero-order valence-corrected chi connectivity index (χ0v) is 12.2. The molecule has 0 aliphatic heterocycles. The van der Waals surface area contributed by atoms with Crippen LogP contribution >= 0.6 is 23.2 Å². The molecule has 1 amide bonds. The van der Waals surface area contributed by atoms with Crippen LogP contribution in [0.15, 0.2) is 34.9 Å². The lowest BCUT2D eigenvalue weighted by Crippen LogP contribution is -2.16. The smallest absolute Gasteiger partial charge is 0.339 e. The van der Waals surface area contributed by atoms with Gasteiger partial charge in [0.1, 0.15) is 11.3 Å². The van der Waals surface area contributed by atoms with E-state index in [1.54, 1.807) is 12.1 Å². The van der Waals surface area contributed by atoms with E-state index in [4.69, 9.17) is 32.7 Å². The molecule has 0 spiro atoms. The van der Waals surface area contributed by atoms with Gasteiger partial charge in [-0.25, -0.2) is 4.79 Å². The molecule has 0 unspecified atom stereocenters. The first kappa shape index (κ1) is 15.4. The molecule has 21 heavy (non-hydrogen) atoms. The third kappa shape index (κ3) is 3.77. The molecule has 1 aromatic heterocycles. The highest BCUT2D eigenvalue weighted by molar-refractivity contribution is 6.38. The Bertz CT molecular complexity index is 668. The number of aryl methyl sites for hydroxylation is 1. The van der Waals surface area contributed by atoms with Gasteiger partial charge in [0.05, 0.1) is 22.0 Å². The number of carboxylic acid groups (broad SMARTS) is 1. The van der Waals surface area contributed by atoms with Crippen LogP contribution in [0.4, 0.5) is 5.69 Å². The summed E-state index contributed by atoms with van der Waals surface area (Å²) in [5.74, 6) is -0.970. The van der Waals surface area contributed by atoms with Crippen LogP contribution in [0.1, 0.15) is 22.5 Å². The van der Waals surface area contributed by atoms with Crippen molar-refractivity contribution in [3.05, 3.63) is 51.9 Å². The van der Waals surface area contributed by atoms with E-state index in [1.165, 1.54) is 18.4 Å². The zero-order chi connectivity index (χ0) is 15.4. The number of benzene rings is 1. The third-order valence-electron chi connectivity index (χ3n) is 2.76. The number of rotatable bonds is 5. The molecule has 0 aliphatic rings. The molecule has 0 atom stereocenters. The second-order valence-electron chi connectivity index (χ2n) is 4.21. The van der Waals surface area contributed by atoms with E-state index >= 15 is 0 Å². The molecular weight excluding hydrogens is 317 g/mol. The van der Waals surface area contributed by atoms with Crippen LogP contribution in [0, 0.1) is 0 Å². The van der Waals surface area contributed by atoms with Crippen LogP contribution in [0.5, 0.6) is 0 Å². The largest absolute Gasteiger partial charge is 0.478 e. The Morgan fingerprint density at radius 2 is 1.90 bits per heavy atom. The molecule has 0 bridgehead atoms. The van der Waals surface area contributed by atoms with Crippen molar-refractivity contribution in [2.24, 2.45) is 0 Å². The molecule has 1 heterocycles. The first-order chi connectivity index (χ1) is 9.99. The van der Waals surface area contributed by atoms with Gasteiger partial charge < -0.3 is 14.8 Å². The lowest BCUT2D eigenvalue weighted by Gasteiger charge is -2.11. The maximum atomic E-state index is 11.9. The van der Waals surface area contributed by atoms with Gasteiger partial charge >= 0.3 is 5.97 Å². The minimum absolute atomic E-state index is 0.00103. The first-order valence-corrected chi connectivity index (χ1v) is 6.78. The monoisotopic (exact) mass is 327 g/mol. The maximum Gasteiger partial charge on any atom is 0.339 e. The predicted molar refractivity (Wildman–Crippen MR) is 79.1 cm³/mol. The Labute approximate surface area is 130 Å². The van der Waals surface area contributed by atoms with Crippen molar-refractivity contribution >= 4 is 40.8 Å². The van der Waals surface area contributed by atoms with Gasteiger partial charge in [0.2, 0.25) is 5.91 Å². The van der Waals surface area contributed by atoms with E-state index in [2.05, 4.69) is 5.32 Å². The molecule has 0 radical (unpaired) electrons. The lowest BCUT2D eigenvalue weighted by molar-refractivity contribution is -0.116. The summed E-state index contributed by atoms with van der Waals surface area (Å²) in [5, 5.41) is 11.8. The van der Waals surface area contributed by atoms with Crippen molar-refractivity contribution in [1.29, 1.82) is 0 Å². The number of anilines is 1. The predicted octanol–water partition coefficient (Wildman–Crippen LogP) is 3.86. The van der Waals surface area contributed by atoms with Crippen LogP contribution < -0.4 is 5.32 Å². The summed E-state index contributed by atoms with van der Waals surface area (Å²) in [4.78, 5) is 23.1. The van der Waals surface area contributed by atoms with Crippen molar-refractivity contribution in [3.8, 4) is 0 Å². The molecule has 2 rings (SSSR count). The SMILES string of the molecule is O=C(CCc1ccco1)Nc1c(Cl)ccc(Cl)c1C(=O)O. The lowest BCUT2D eigenvalue weighted by atomic mass is 10.1. The van der Waals surface area contributed by atoms with E-state index in [9.17, 15) is 9.59 Å². The molecule has 2 aromatic rings. The number of aromatic carboxylic acids is 1. The topological polar surface area (TPSA) is 79.5 Å². The van der Waals surface area contributed by atoms with Gasteiger partial charge in [0.15, 0.2) is 0 Å². The molecule has 0 saturated carbocycles. The average Bonchev–Trinajstić information content (AvgIpc) is 2.93. The van der Waals surface area contributed by atoms with Crippen LogP contribution in [0.25, 0.3) is 0 Å². The van der Waals surface area contributed by atoms with Crippen molar-refractivity contribution in [1.82, 2.24) is 0 Å². The van der Waals surface area contributed by atoms with Crippen LogP contribution in [-0.2, 0) is 11.2 Å². The fourth-order valence-corrected chi connectivity index (χ4v) is 2.22. The highest BCUT2D eigenvalue weighted by atomic mass is 35.5. The fourth-order valence-electron chi connectivity index (χ4n) is 1.78. The molecule has 0 fully saturated rings. The summed E-state index contributed by atoms with van der Waals surface area (Å²) in [5.41, 5.74) is -0.225. The first-order valence-electron chi connectivity index (χ1n) is 6.02. The van der Waals surface area contributed by atoms with Gasteiger partial charge in [-0.15, -0.1) is 0 Å². The Hall–Kier alpha value is -1.98. The number of amides is 1. The van der Waals surface area contributed by atoms with E-state index in [-0.39, 0.29) is 33.6 Å². The number of carbonyl (C=O) groups excluding carboxylic acids is 1. The van der Waals surface area contributed by atoms with Crippen molar-refractivity contribution in [2.45, 2.75) is 12.8 Å². The van der Waals surface area contributed by atoms with E-state index < -0.39 is 5.97 Å². The molecule has 0 saturated heterocycles. The third-order valence-corrected chi connectivity index (χ3v) is 3.39. The van der Waals surface area contributed by atoms with E-state index in [1.807, 2.05) is 0 Å². The Morgan fingerprint density at radius 1 is 1.19 bits per heavy atom. The minimum Gasteiger partial charge on any atom is -0.478 e. The number of carbonyl (C=O) groups is 2. The van der Waals surface area contributed by atoms with Gasteiger partial charge in [-0.05, 0) is 24.3 Å².